The van der Waals surface area contributed by atoms with Gasteiger partial charge in [0.05, 0.1) is 19.4 Å². The summed E-state index contributed by atoms with van der Waals surface area (Å²) in [5, 5.41) is 3.39. The maximum absolute atomic E-state index is 5.73. The molecule has 0 atom stereocenters. The van der Waals surface area contributed by atoms with Gasteiger partial charge in [-0.1, -0.05) is 38.1 Å². The van der Waals surface area contributed by atoms with Crippen LogP contribution in [0.1, 0.15) is 25.8 Å². The summed E-state index contributed by atoms with van der Waals surface area (Å²) in [7, 11) is 1.68. The summed E-state index contributed by atoms with van der Waals surface area (Å²) in [4.78, 5) is 0. The summed E-state index contributed by atoms with van der Waals surface area (Å²) >= 11 is 0. The van der Waals surface area contributed by atoms with Crippen molar-refractivity contribution < 1.29 is 9.47 Å². The van der Waals surface area contributed by atoms with Crippen LogP contribution in [0.5, 0.6) is 11.5 Å². The Kier molecular flexibility index (Phi) is 6.13. The number of anilines is 1. The molecular weight excluding hydrogens is 274 g/mol. The van der Waals surface area contributed by atoms with Crippen LogP contribution in [0.2, 0.25) is 0 Å². The summed E-state index contributed by atoms with van der Waals surface area (Å²) < 4.78 is 11.1. The Labute approximate surface area is 133 Å². The molecule has 0 spiro atoms. The lowest BCUT2D eigenvalue weighted by Crippen LogP contribution is -2.03. The topological polar surface area (TPSA) is 30.5 Å². The van der Waals surface area contributed by atoms with E-state index in [0.717, 1.165) is 36.8 Å². The van der Waals surface area contributed by atoms with E-state index in [0.29, 0.717) is 5.92 Å². The molecule has 0 aliphatic rings. The Morgan fingerprint density at radius 2 is 1.73 bits per heavy atom. The van der Waals surface area contributed by atoms with Gasteiger partial charge in [0.25, 0.3) is 0 Å². The molecule has 0 aliphatic heterocycles. The number of benzene rings is 2. The zero-order valence-corrected chi connectivity index (χ0v) is 13.6. The fourth-order valence-corrected chi connectivity index (χ4v) is 2.10. The summed E-state index contributed by atoms with van der Waals surface area (Å²) in [5.74, 6) is 2.46. The molecule has 0 saturated heterocycles. The molecular formula is C19H25NO2. The molecule has 118 valence electrons. The van der Waals surface area contributed by atoms with Crippen molar-refractivity contribution in [1.29, 1.82) is 0 Å². The van der Waals surface area contributed by atoms with E-state index in [1.807, 2.05) is 36.4 Å². The van der Waals surface area contributed by atoms with E-state index in [1.165, 1.54) is 5.56 Å². The van der Waals surface area contributed by atoms with E-state index in [1.54, 1.807) is 7.11 Å². The molecule has 2 rings (SSSR count). The molecule has 0 fully saturated rings. The number of rotatable bonds is 8. The van der Waals surface area contributed by atoms with E-state index in [4.69, 9.17) is 9.47 Å². The third-order valence-electron chi connectivity index (χ3n) is 3.48. The Balaban J connectivity index is 1.86. The second-order valence-electron chi connectivity index (χ2n) is 5.73. The Bertz CT molecular complexity index is 564. The quantitative estimate of drug-likeness (QED) is 0.764. The second-order valence-corrected chi connectivity index (χ2v) is 5.73. The summed E-state index contributed by atoms with van der Waals surface area (Å²) in [6, 6.07) is 16.2. The first-order valence-corrected chi connectivity index (χ1v) is 7.77. The summed E-state index contributed by atoms with van der Waals surface area (Å²) in [6.07, 6.45) is 1.08. The molecule has 0 amide bonds. The van der Waals surface area contributed by atoms with Crippen molar-refractivity contribution >= 4 is 5.69 Å². The van der Waals surface area contributed by atoms with Gasteiger partial charge in [0.1, 0.15) is 11.5 Å². The molecule has 1 N–H and O–H groups in total. The third-order valence-corrected chi connectivity index (χ3v) is 3.48. The van der Waals surface area contributed by atoms with Crippen LogP contribution in [-0.4, -0.2) is 13.7 Å². The molecule has 0 saturated carbocycles. The second kappa shape index (κ2) is 8.32. The van der Waals surface area contributed by atoms with Crippen LogP contribution in [0.3, 0.4) is 0 Å². The van der Waals surface area contributed by atoms with Crippen molar-refractivity contribution in [3.8, 4) is 11.5 Å². The highest BCUT2D eigenvalue weighted by atomic mass is 16.5. The highest BCUT2D eigenvalue weighted by Gasteiger charge is 2.01. The molecule has 22 heavy (non-hydrogen) atoms. The number of hydrogen-bond donors (Lipinski definition) is 1. The molecule has 0 bridgehead atoms. The SMILES string of the molecule is COc1ccccc1NCc1ccc(OCCC(C)C)cc1. The fourth-order valence-electron chi connectivity index (χ4n) is 2.10. The first kappa shape index (κ1) is 16.2. The van der Waals surface area contributed by atoms with Crippen LogP contribution in [0, 0.1) is 5.92 Å². The molecule has 0 unspecified atom stereocenters. The molecule has 0 aliphatic carbocycles. The monoisotopic (exact) mass is 299 g/mol. The van der Waals surface area contributed by atoms with Crippen LogP contribution in [0.15, 0.2) is 48.5 Å². The van der Waals surface area contributed by atoms with E-state index >= 15 is 0 Å². The first-order chi connectivity index (χ1) is 10.7. The largest absolute Gasteiger partial charge is 0.495 e. The van der Waals surface area contributed by atoms with Gasteiger partial charge in [-0.15, -0.1) is 0 Å². The zero-order chi connectivity index (χ0) is 15.8. The van der Waals surface area contributed by atoms with Crippen molar-refractivity contribution in [3.05, 3.63) is 54.1 Å². The summed E-state index contributed by atoms with van der Waals surface area (Å²) in [6.45, 7) is 5.94. The standard InChI is InChI=1S/C19H25NO2/c1-15(2)12-13-22-17-10-8-16(9-11-17)14-20-18-6-4-5-7-19(18)21-3/h4-11,15,20H,12-14H2,1-3H3. The lowest BCUT2D eigenvalue weighted by Gasteiger charge is -2.12. The minimum Gasteiger partial charge on any atom is -0.495 e. The molecule has 2 aromatic carbocycles. The predicted molar refractivity (Wildman–Crippen MR) is 91.7 cm³/mol. The average Bonchev–Trinajstić information content (AvgIpc) is 2.54. The Morgan fingerprint density at radius 1 is 1.00 bits per heavy atom. The van der Waals surface area contributed by atoms with Crippen LogP contribution >= 0.6 is 0 Å². The maximum atomic E-state index is 5.73. The lowest BCUT2D eigenvalue weighted by molar-refractivity contribution is 0.289. The smallest absolute Gasteiger partial charge is 0.141 e. The fraction of sp³-hybridized carbons (Fsp3) is 0.368. The van der Waals surface area contributed by atoms with E-state index in [-0.39, 0.29) is 0 Å². The maximum Gasteiger partial charge on any atom is 0.141 e. The number of ether oxygens (including phenoxy) is 2. The van der Waals surface area contributed by atoms with E-state index in [2.05, 4.69) is 31.3 Å². The number of nitrogens with one attached hydrogen (secondary N) is 1. The van der Waals surface area contributed by atoms with Gasteiger partial charge in [0.15, 0.2) is 0 Å². The van der Waals surface area contributed by atoms with E-state index in [9.17, 15) is 0 Å². The number of hydrogen-bond acceptors (Lipinski definition) is 3. The molecule has 3 heteroatoms. The molecule has 2 aromatic rings. The van der Waals surface area contributed by atoms with E-state index < -0.39 is 0 Å². The first-order valence-electron chi connectivity index (χ1n) is 7.77. The van der Waals surface area contributed by atoms with Gasteiger partial charge in [0.2, 0.25) is 0 Å². The van der Waals surface area contributed by atoms with Gasteiger partial charge in [0, 0.05) is 6.54 Å². The van der Waals surface area contributed by atoms with Crippen LogP contribution in [0.25, 0.3) is 0 Å². The minimum atomic E-state index is 0.671. The van der Waals surface area contributed by atoms with Crippen molar-refractivity contribution in [2.45, 2.75) is 26.8 Å². The van der Waals surface area contributed by atoms with Gasteiger partial charge in [-0.2, -0.15) is 0 Å². The predicted octanol–water partition coefficient (Wildman–Crippen LogP) is 4.73. The van der Waals surface area contributed by atoms with Gasteiger partial charge < -0.3 is 14.8 Å². The van der Waals surface area contributed by atoms with Crippen molar-refractivity contribution in [1.82, 2.24) is 0 Å². The van der Waals surface area contributed by atoms with Gasteiger partial charge >= 0.3 is 0 Å². The van der Waals surface area contributed by atoms with Gasteiger partial charge in [-0.25, -0.2) is 0 Å². The van der Waals surface area contributed by atoms with Crippen LogP contribution < -0.4 is 14.8 Å². The third kappa shape index (κ3) is 4.99. The summed E-state index contributed by atoms with van der Waals surface area (Å²) in [5.41, 5.74) is 2.21. The minimum absolute atomic E-state index is 0.671. The average molecular weight is 299 g/mol. The normalized spacial score (nSPS) is 10.5. The highest BCUT2D eigenvalue weighted by molar-refractivity contribution is 5.56. The molecule has 0 radical (unpaired) electrons. The number of para-hydroxylation sites is 2. The van der Waals surface area contributed by atoms with Crippen molar-refractivity contribution in [2.75, 3.05) is 19.0 Å². The lowest BCUT2D eigenvalue weighted by atomic mass is 10.1. The van der Waals surface area contributed by atoms with Gasteiger partial charge in [-0.05, 0) is 42.2 Å². The van der Waals surface area contributed by atoms with Crippen LogP contribution in [0.4, 0.5) is 5.69 Å². The van der Waals surface area contributed by atoms with Crippen molar-refractivity contribution in [3.63, 3.8) is 0 Å². The Hall–Kier alpha value is -2.16. The van der Waals surface area contributed by atoms with Gasteiger partial charge in [-0.3, -0.25) is 0 Å². The zero-order valence-electron chi connectivity index (χ0n) is 13.6. The molecule has 0 heterocycles. The molecule has 0 aromatic heterocycles. The Morgan fingerprint density at radius 3 is 2.41 bits per heavy atom. The van der Waals surface area contributed by atoms with Crippen molar-refractivity contribution in [2.24, 2.45) is 5.92 Å². The number of methoxy groups -OCH3 is 1. The highest BCUT2D eigenvalue weighted by Crippen LogP contribution is 2.24. The molecule has 3 nitrogen and oxygen atoms in total. The van der Waals surface area contributed by atoms with Crippen LogP contribution in [-0.2, 0) is 6.54 Å².